The molecule has 0 bridgehead atoms. The first-order chi connectivity index (χ1) is 19.3. The highest BCUT2D eigenvalue weighted by Crippen LogP contribution is 2.46. The van der Waals surface area contributed by atoms with Crippen LogP contribution >= 0.6 is 0 Å². The van der Waals surface area contributed by atoms with Crippen molar-refractivity contribution >= 4 is 16.8 Å². The predicted molar refractivity (Wildman–Crippen MR) is 141 cm³/mol. The third-order valence-corrected chi connectivity index (χ3v) is 7.22. The molecule has 1 aliphatic rings. The first-order valence-electron chi connectivity index (χ1n) is 12.9. The first kappa shape index (κ1) is 28.5. The Balaban J connectivity index is 1.51. The molecule has 12 heteroatoms. The van der Waals surface area contributed by atoms with Crippen LogP contribution in [0.5, 0.6) is 5.75 Å². The Morgan fingerprint density at radius 2 is 1.83 bits per heavy atom. The molecule has 2 aromatic carbocycles. The fraction of sp³-hybridized carbons (Fsp3) is 0.345. The monoisotopic (exact) mass is 572 g/mol. The van der Waals surface area contributed by atoms with Gasteiger partial charge in [-0.25, -0.2) is 18.4 Å². The molecular weight excluding hydrogens is 544 g/mol. The fourth-order valence-electron chi connectivity index (χ4n) is 4.83. The third kappa shape index (κ3) is 5.49. The van der Waals surface area contributed by atoms with Gasteiger partial charge in [0.15, 0.2) is 5.82 Å². The lowest BCUT2D eigenvalue weighted by molar-refractivity contribution is 0.00864. The number of nitrogens with zero attached hydrogens (tertiary/aromatic N) is 3. The molecule has 1 amide bonds. The van der Waals surface area contributed by atoms with Crippen molar-refractivity contribution in [2.75, 3.05) is 13.7 Å². The number of hydrogen-bond acceptors (Lipinski definition) is 6. The van der Waals surface area contributed by atoms with Crippen LogP contribution in [-0.4, -0.2) is 44.5 Å². The number of aromatic nitrogens is 3. The van der Waals surface area contributed by atoms with E-state index in [9.17, 15) is 28.2 Å². The van der Waals surface area contributed by atoms with Gasteiger partial charge < -0.3 is 20.3 Å². The number of benzene rings is 2. The van der Waals surface area contributed by atoms with Crippen molar-refractivity contribution < 1.29 is 37.3 Å². The van der Waals surface area contributed by atoms with Crippen LogP contribution in [0.4, 0.5) is 17.6 Å². The second-order valence-electron chi connectivity index (χ2n) is 10.7. The second kappa shape index (κ2) is 10.4. The third-order valence-electron chi connectivity index (χ3n) is 7.22. The maximum atomic E-state index is 15.6. The number of aliphatic hydroxyl groups is 2. The zero-order valence-electron chi connectivity index (χ0n) is 22.5. The summed E-state index contributed by atoms with van der Waals surface area (Å²) in [5.41, 5.74) is -3.20. The van der Waals surface area contributed by atoms with Crippen molar-refractivity contribution in [3.8, 4) is 17.0 Å². The van der Waals surface area contributed by atoms with Gasteiger partial charge in [-0.2, -0.15) is 13.9 Å². The average molecular weight is 573 g/mol. The fourth-order valence-corrected chi connectivity index (χ4v) is 4.83. The maximum Gasteiger partial charge on any atom is 0.333 e. The zero-order chi connectivity index (χ0) is 29.7. The Morgan fingerprint density at radius 1 is 1.15 bits per heavy atom. The number of amides is 1. The van der Waals surface area contributed by atoms with Gasteiger partial charge in [-0.15, -0.1) is 0 Å². The molecule has 1 saturated carbocycles. The van der Waals surface area contributed by atoms with E-state index < -0.39 is 35.3 Å². The lowest BCUT2D eigenvalue weighted by atomic mass is 9.87. The minimum absolute atomic E-state index is 0.0318. The quantitative estimate of drug-likeness (QED) is 0.243. The van der Waals surface area contributed by atoms with Gasteiger partial charge in [0.2, 0.25) is 0 Å². The van der Waals surface area contributed by atoms with Crippen LogP contribution in [0, 0.1) is 17.6 Å². The van der Waals surface area contributed by atoms with Gasteiger partial charge in [0.25, 0.3) is 5.91 Å². The van der Waals surface area contributed by atoms with Gasteiger partial charge in [0.1, 0.15) is 28.4 Å². The summed E-state index contributed by atoms with van der Waals surface area (Å²) in [4.78, 5) is 17.6. The normalized spacial score (nSPS) is 15.3. The average Bonchev–Trinajstić information content (AvgIpc) is 3.69. The summed E-state index contributed by atoms with van der Waals surface area (Å²) in [6.07, 6.45) is 2.32. The number of carbonyl (C=O) groups is 1. The molecule has 0 spiro atoms. The Morgan fingerprint density at radius 3 is 2.41 bits per heavy atom. The summed E-state index contributed by atoms with van der Waals surface area (Å²) in [6.45, 7) is -0.419. The SMILES string of the molecule is COc1cc(C(=O)NC[C@](O)(c2cc(C(C)(C)O)c(F)c(-c3ccc(F)cc3)n2)C2CC2)cc2cn(C(F)F)nc12. The molecule has 1 atom stereocenters. The summed E-state index contributed by atoms with van der Waals surface area (Å²) in [5.74, 6) is -2.18. The van der Waals surface area contributed by atoms with Gasteiger partial charge in [0, 0.05) is 28.3 Å². The number of ether oxygens (including phenoxy) is 1. The van der Waals surface area contributed by atoms with Crippen LogP contribution in [0.1, 0.15) is 54.9 Å². The standard InChI is InChI=1S/C29H28F4N4O4/c1-28(2,39)20-12-22(35-25(23(20)31)15-4-8-19(30)9-5-15)29(40,18-6-7-18)14-34-26(38)16-10-17-13-37(27(32)33)36-24(17)21(11-16)41-3/h4-5,8-13,18,27,39-40H,6-7,14H2,1-3H3,(H,34,38)/t29-/m1/s1. The van der Waals surface area contributed by atoms with E-state index in [4.69, 9.17) is 4.74 Å². The number of pyridine rings is 1. The maximum absolute atomic E-state index is 15.6. The van der Waals surface area contributed by atoms with Crippen molar-refractivity contribution in [3.63, 3.8) is 0 Å². The van der Waals surface area contributed by atoms with Crippen molar-refractivity contribution in [3.05, 3.63) is 77.1 Å². The van der Waals surface area contributed by atoms with E-state index in [1.54, 1.807) is 0 Å². The largest absolute Gasteiger partial charge is 0.494 e. The molecule has 2 heterocycles. The minimum atomic E-state index is -2.88. The number of methoxy groups -OCH3 is 1. The molecule has 216 valence electrons. The minimum Gasteiger partial charge on any atom is -0.494 e. The molecule has 0 aliphatic heterocycles. The highest BCUT2D eigenvalue weighted by atomic mass is 19.3. The second-order valence-corrected chi connectivity index (χ2v) is 10.7. The van der Waals surface area contributed by atoms with Gasteiger partial charge in [0.05, 0.1) is 24.9 Å². The Kier molecular flexibility index (Phi) is 7.24. The topological polar surface area (TPSA) is 110 Å². The molecule has 2 aromatic heterocycles. The molecule has 4 aromatic rings. The number of rotatable bonds is 9. The smallest absolute Gasteiger partial charge is 0.333 e. The number of carbonyl (C=O) groups excluding carboxylic acids is 1. The summed E-state index contributed by atoms with van der Waals surface area (Å²) < 4.78 is 61.2. The summed E-state index contributed by atoms with van der Waals surface area (Å²) in [5, 5.41) is 29.3. The van der Waals surface area contributed by atoms with E-state index in [1.807, 2.05) is 0 Å². The van der Waals surface area contributed by atoms with Gasteiger partial charge >= 0.3 is 6.55 Å². The van der Waals surface area contributed by atoms with Crippen LogP contribution in [0.3, 0.4) is 0 Å². The Hall–Kier alpha value is -4.03. The van der Waals surface area contributed by atoms with Crippen molar-refractivity contribution in [2.45, 2.75) is 44.4 Å². The summed E-state index contributed by atoms with van der Waals surface area (Å²) in [6, 6.07) is 9.00. The zero-order valence-corrected chi connectivity index (χ0v) is 22.5. The number of fused-ring (bicyclic) bond motifs is 1. The highest BCUT2D eigenvalue weighted by Gasteiger charge is 2.47. The number of hydrogen-bond donors (Lipinski definition) is 3. The Bertz CT molecular complexity index is 1610. The number of alkyl halides is 2. The van der Waals surface area contributed by atoms with Crippen LogP contribution in [-0.2, 0) is 11.2 Å². The van der Waals surface area contributed by atoms with Crippen LogP contribution < -0.4 is 10.1 Å². The molecule has 41 heavy (non-hydrogen) atoms. The summed E-state index contributed by atoms with van der Waals surface area (Å²) in [7, 11) is 1.32. The lowest BCUT2D eigenvalue weighted by Gasteiger charge is -2.30. The van der Waals surface area contributed by atoms with Crippen molar-refractivity contribution in [2.24, 2.45) is 5.92 Å². The van der Waals surface area contributed by atoms with E-state index in [0.717, 1.165) is 18.3 Å². The van der Waals surface area contributed by atoms with E-state index in [1.165, 1.54) is 51.3 Å². The van der Waals surface area contributed by atoms with Gasteiger partial charge in [-0.1, -0.05) is 0 Å². The Labute approximate surface area is 232 Å². The predicted octanol–water partition coefficient (Wildman–Crippen LogP) is 5.04. The van der Waals surface area contributed by atoms with Crippen LogP contribution in [0.15, 0.2) is 48.7 Å². The molecule has 0 unspecified atom stereocenters. The summed E-state index contributed by atoms with van der Waals surface area (Å²) >= 11 is 0. The molecular formula is C29H28F4N4O4. The van der Waals surface area contributed by atoms with Crippen LogP contribution in [0.2, 0.25) is 0 Å². The molecule has 0 radical (unpaired) electrons. The number of nitrogens with one attached hydrogen (secondary N) is 1. The molecule has 3 N–H and O–H groups in total. The molecule has 1 fully saturated rings. The van der Waals surface area contributed by atoms with E-state index in [0.29, 0.717) is 17.5 Å². The van der Waals surface area contributed by atoms with E-state index in [-0.39, 0.29) is 57.2 Å². The van der Waals surface area contributed by atoms with Gasteiger partial charge in [-0.05, 0) is 75.1 Å². The molecule has 8 nitrogen and oxygen atoms in total. The van der Waals surface area contributed by atoms with E-state index >= 15 is 4.39 Å². The van der Waals surface area contributed by atoms with Crippen molar-refractivity contribution in [1.82, 2.24) is 20.1 Å². The molecule has 1 aliphatic carbocycles. The van der Waals surface area contributed by atoms with Crippen LogP contribution in [0.25, 0.3) is 22.2 Å². The highest BCUT2D eigenvalue weighted by molar-refractivity contribution is 5.99. The van der Waals surface area contributed by atoms with Gasteiger partial charge in [-0.3, -0.25) is 4.79 Å². The first-order valence-corrected chi connectivity index (χ1v) is 12.9. The lowest BCUT2D eigenvalue weighted by Crippen LogP contribution is -2.43. The number of halogens is 4. The van der Waals surface area contributed by atoms with Crippen molar-refractivity contribution in [1.29, 1.82) is 0 Å². The van der Waals surface area contributed by atoms with E-state index in [2.05, 4.69) is 15.4 Å². The molecule has 0 saturated heterocycles. The molecule has 5 rings (SSSR count).